The van der Waals surface area contributed by atoms with E-state index in [1.807, 2.05) is 0 Å². The summed E-state index contributed by atoms with van der Waals surface area (Å²) in [5, 5.41) is 0.599. The van der Waals surface area contributed by atoms with Gasteiger partial charge in [0.1, 0.15) is 5.58 Å². The van der Waals surface area contributed by atoms with E-state index in [0.717, 1.165) is 12.8 Å². The molecule has 0 spiro atoms. The summed E-state index contributed by atoms with van der Waals surface area (Å²) in [6, 6.07) is 4.67. The number of fused-ring (bicyclic) bond motifs is 1. The summed E-state index contributed by atoms with van der Waals surface area (Å²) in [7, 11) is -3.61. The lowest BCUT2D eigenvalue weighted by molar-refractivity contribution is 0.0491. The average Bonchev–Trinajstić information content (AvgIpc) is 2.98. The first-order valence-corrected chi connectivity index (χ1v) is 10.2. The van der Waals surface area contributed by atoms with Gasteiger partial charge >= 0.3 is 5.97 Å². The molecule has 0 amide bonds. The van der Waals surface area contributed by atoms with Crippen molar-refractivity contribution in [3.05, 3.63) is 29.5 Å². The first kappa shape index (κ1) is 18.9. The monoisotopic (exact) mass is 380 g/mol. The smallest absolute Gasteiger partial charge is 0.374 e. The number of carbonyl (C=O) groups excluding carboxylic acids is 1. The second-order valence-electron chi connectivity index (χ2n) is 6.54. The summed E-state index contributed by atoms with van der Waals surface area (Å²) in [4.78, 5) is 12.2. The van der Waals surface area contributed by atoms with Gasteiger partial charge in [-0.15, -0.1) is 0 Å². The number of furan rings is 1. The van der Waals surface area contributed by atoms with Crippen molar-refractivity contribution in [2.24, 2.45) is 11.7 Å². The van der Waals surface area contributed by atoms with Crippen molar-refractivity contribution in [1.29, 1.82) is 0 Å². The van der Waals surface area contributed by atoms with Gasteiger partial charge < -0.3 is 14.9 Å². The number of piperidine rings is 1. The van der Waals surface area contributed by atoms with Crippen molar-refractivity contribution >= 4 is 27.0 Å². The third kappa shape index (κ3) is 3.36. The molecule has 1 atom stereocenters. The Morgan fingerprint density at radius 3 is 2.88 bits per heavy atom. The first-order chi connectivity index (χ1) is 12.4. The number of esters is 1. The zero-order valence-corrected chi connectivity index (χ0v) is 15.8. The van der Waals surface area contributed by atoms with Crippen LogP contribution < -0.4 is 5.73 Å². The lowest BCUT2D eigenvalue weighted by Crippen LogP contribution is -2.41. The second-order valence-corrected chi connectivity index (χ2v) is 8.48. The van der Waals surface area contributed by atoms with E-state index in [1.165, 1.54) is 10.4 Å². The average molecular weight is 380 g/mol. The summed E-state index contributed by atoms with van der Waals surface area (Å²) in [6.45, 7) is 5.10. The Kier molecular flexibility index (Phi) is 5.36. The zero-order chi connectivity index (χ0) is 18.9. The molecule has 1 aliphatic rings. The molecule has 7 nitrogen and oxygen atoms in total. The Hall–Kier alpha value is -1.90. The molecule has 142 valence electrons. The van der Waals surface area contributed by atoms with E-state index in [1.54, 1.807) is 26.0 Å². The van der Waals surface area contributed by atoms with Gasteiger partial charge in [-0.25, -0.2) is 13.2 Å². The molecule has 1 saturated heterocycles. The molecule has 26 heavy (non-hydrogen) atoms. The van der Waals surface area contributed by atoms with Gasteiger partial charge in [0.25, 0.3) is 0 Å². The maximum Gasteiger partial charge on any atom is 0.374 e. The minimum atomic E-state index is -3.61. The van der Waals surface area contributed by atoms with Gasteiger partial charge in [-0.1, -0.05) is 0 Å². The predicted octanol–water partition coefficient (Wildman–Crippen LogP) is 2.28. The quantitative estimate of drug-likeness (QED) is 0.798. The largest absolute Gasteiger partial charge is 0.460 e. The van der Waals surface area contributed by atoms with E-state index >= 15 is 0 Å². The molecular formula is C18H24N2O5S. The van der Waals surface area contributed by atoms with E-state index in [9.17, 15) is 13.2 Å². The maximum absolute atomic E-state index is 13.0. The summed E-state index contributed by atoms with van der Waals surface area (Å²) in [5.74, 6) is -0.252. The van der Waals surface area contributed by atoms with E-state index in [0.29, 0.717) is 36.2 Å². The highest BCUT2D eigenvalue weighted by Gasteiger charge is 2.30. The fraction of sp³-hybridized carbons (Fsp3) is 0.500. The number of nitrogens with zero attached hydrogens (tertiary/aromatic N) is 1. The van der Waals surface area contributed by atoms with Crippen LogP contribution in [0.2, 0.25) is 0 Å². The van der Waals surface area contributed by atoms with E-state index in [4.69, 9.17) is 14.9 Å². The Morgan fingerprint density at radius 2 is 2.19 bits per heavy atom. The number of ether oxygens (including phenoxy) is 1. The number of hydrogen-bond acceptors (Lipinski definition) is 6. The fourth-order valence-electron chi connectivity index (χ4n) is 3.34. The number of benzene rings is 1. The van der Waals surface area contributed by atoms with Crippen LogP contribution in [0.1, 0.15) is 35.9 Å². The molecule has 8 heteroatoms. The Balaban J connectivity index is 1.98. The molecule has 0 bridgehead atoms. The number of hydrogen-bond donors (Lipinski definition) is 1. The Morgan fingerprint density at radius 1 is 1.42 bits per heavy atom. The molecule has 1 aromatic carbocycles. The topological polar surface area (TPSA) is 103 Å². The third-order valence-electron chi connectivity index (χ3n) is 4.82. The minimum absolute atomic E-state index is 0.109. The molecular weight excluding hydrogens is 356 g/mol. The lowest BCUT2D eigenvalue weighted by atomic mass is 10.0. The molecule has 1 fully saturated rings. The second kappa shape index (κ2) is 7.38. The van der Waals surface area contributed by atoms with E-state index in [2.05, 4.69) is 0 Å². The molecule has 2 aromatic rings. The summed E-state index contributed by atoms with van der Waals surface area (Å²) < 4.78 is 38.1. The first-order valence-electron chi connectivity index (χ1n) is 8.79. The molecule has 0 radical (unpaired) electrons. The van der Waals surface area contributed by atoms with Crippen molar-refractivity contribution < 1.29 is 22.4 Å². The molecule has 0 aliphatic carbocycles. The van der Waals surface area contributed by atoms with Crippen molar-refractivity contribution in [1.82, 2.24) is 4.31 Å². The van der Waals surface area contributed by atoms with Gasteiger partial charge in [0, 0.05) is 24.0 Å². The van der Waals surface area contributed by atoms with Gasteiger partial charge in [0.2, 0.25) is 15.8 Å². The van der Waals surface area contributed by atoms with Gasteiger partial charge in [0.05, 0.1) is 11.5 Å². The van der Waals surface area contributed by atoms with Crippen LogP contribution in [-0.2, 0) is 14.8 Å². The van der Waals surface area contributed by atoms with Gasteiger partial charge in [-0.3, -0.25) is 0 Å². The molecule has 1 unspecified atom stereocenters. The SMILES string of the molecule is CCOC(=O)c1oc2ccc(S(=O)(=O)N3CCCC(CN)C3)cc2c1C. The van der Waals surface area contributed by atoms with E-state index in [-0.39, 0.29) is 23.2 Å². The zero-order valence-electron chi connectivity index (χ0n) is 15.0. The van der Waals surface area contributed by atoms with Crippen molar-refractivity contribution in [2.75, 3.05) is 26.2 Å². The Labute approximate surface area is 153 Å². The number of nitrogens with two attached hydrogens (primary N) is 1. The van der Waals surface area contributed by atoms with Crippen molar-refractivity contribution in [3.63, 3.8) is 0 Å². The number of carbonyl (C=O) groups is 1. The fourth-order valence-corrected chi connectivity index (χ4v) is 4.92. The van der Waals surface area contributed by atoms with Crippen LogP contribution in [0.25, 0.3) is 11.0 Å². The van der Waals surface area contributed by atoms with Crippen LogP contribution in [0, 0.1) is 12.8 Å². The maximum atomic E-state index is 13.0. The van der Waals surface area contributed by atoms with Crippen LogP contribution in [0.3, 0.4) is 0 Å². The van der Waals surface area contributed by atoms with Crippen LogP contribution in [0.4, 0.5) is 0 Å². The minimum Gasteiger partial charge on any atom is -0.460 e. The van der Waals surface area contributed by atoms with Crippen LogP contribution in [-0.4, -0.2) is 44.9 Å². The molecule has 1 aliphatic heterocycles. The standard InChI is InChI=1S/C18H24N2O5S/c1-3-24-18(21)17-12(2)15-9-14(6-7-16(15)25-17)26(22,23)20-8-4-5-13(10-19)11-20/h6-7,9,13H,3-5,8,10-11,19H2,1-2H3. The number of rotatable bonds is 5. The van der Waals surface area contributed by atoms with E-state index < -0.39 is 16.0 Å². The normalized spacial score (nSPS) is 19.0. The number of sulfonamides is 1. The summed E-state index contributed by atoms with van der Waals surface area (Å²) in [6.07, 6.45) is 1.76. The van der Waals surface area contributed by atoms with Crippen molar-refractivity contribution in [3.8, 4) is 0 Å². The van der Waals surface area contributed by atoms with Gasteiger partial charge in [-0.05, 0) is 57.4 Å². The highest BCUT2D eigenvalue weighted by atomic mass is 32.2. The third-order valence-corrected chi connectivity index (χ3v) is 6.68. The van der Waals surface area contributed by atoms with Crippen molar-refractivity contribution in [2.45, 2.75) is 31.6 Å². The van der Waals surface area contributed by atoms with Crippen LogP contribution in [0.5, 0.6) is 0 Å². The summed E-state index contributed by atoms with van der Waals surface area (Å²) >= 11 is 0. The van der Waals surface area contributed by atoms with Gasteiger partial charge in [0.15, 0.2) is 0 Å². The summed E-state index contributed by atoms with van der Waals surface area (Å²) in [5.41, 5.74) is 6.76. The number of aryl methyl sites for hydroxylation is 1. The highest BCUT2D eigenvalue weighted by molar-refractivity contribution is 7.89. The van der Waals surface area contributed by atoms with Crippen LogP contribution >= 0.6 is 0 Å². The molecule has 1 aromatic heterocycles. The van der Waals surface area contributed by atoms with Gasteiger partial charge in [-0.2, -0.15) is 4.31 Å². The Bertz CT molecular complexity index is 919. The lowest BCUT2D eigenvalue weighted by Gasteiger charge is -2.31. The van der Waals surface area contributed by atoms with Crippen LogP contribution in [0.15, 0.2) is 27.5 Å². The predicted molar refractivity (Wildman–Crippen MR) is 97.4 cm³/mol. The molecule has 2 N–H and O–H groups in total. The molecule has 3 rings (SSSR count). The molecule has 2 heterocycles. The molecule has 0 saturated carbocycles. The highest BCUT2D eigenvalue weighted by Crippen LogP contribution is 2.30.